The Balaban J connectivity index is 1.56. The van der Waals surface area contributed by atoms with Gasteiger partial charge in [0.25, 0.3) is 0 Å². The van der Waals surface area contributed by atoms with Gasteiger partial charge in [-0.2, -0.15) is 0 Å². The van der Waals surface area contributed by atoms with Gasteiger partial charge < -0.3 is 4.74 Å². The molecule has 0 radical (unpaired) electrons. The van der Waals surface area contributed by atoms with Crippen LogP contribution in [0.15, 0.2) is 30.3 Å². The normalized spacial score (nSPS) is 30.7. The molecule has 2 aliphatic rings. The molecule has 0 saturated carbocycles. The Morgan fingerprint density at radius 2 is 2.07 bits per heavy atom. The molecule has 3 rings (SSSR count). The van der Waals surface area contributed by atoms with Crippen LogP contribution in [0.4, 0.5) is 0 Å². The quantitative estimate of drug-likeness (QED) is 0.697. The number of rotatable bonds is 3. The van der Waals surface area contributed by atoms with Gasteiger partial charge in [0, 0.05) is 19.0 Å². The van der Waals surface area contributed by atoms with E-state index < -0.39 is 0 Å². The lowest BCUT2D eigenvalue weighted by atomic mass is 10.1. The Morgan fingerprint density at radius 3 is 2.80 bits per heavy atom. The smallest absolute Gasteiger partial charge is 0.0850 e. The maximum absolute atomic E-state index is 5.36. The van der Waals surface area contributed by atoms with E-state index >= 15 is 0 Å². The molecular formula is C13H17NO. The summed E-state index contributed by atoms with van der Waals surface area (Å²) in [5.74, 6) is 0.800. The van der Waals surface area contributed by atoms with Crippen molar-refractivity contribution in [2.45, 2.75) is 19.1 Å². The molecule has 0 spiro atoms. The summed E-state index contributed by atoms with van der Waals surface area (Å²) in [6.07, 6.45) is 1.91. The average molecular weight is 203 g/mol. The molecule has 0 aromatic heterocycles. The first-order chi connectivity index (χ1) is 7.42. The first-order valence-corrected chi connectivity index (χ1v) is 5.80. The molecule has 1 aromatic rings. The molecule has 2 fully saturated rings. The van der Waals surface area contributed by atoms with E-state index in [1.165, 1.54) is 25.1 Å². The Hall–Kier alpha value is -0.860. The SMILES string of the molecule is c1ccc(CN2CC[C@H]([C@@H]3CO3)C2)cc1. The van der Waals surface area contributed by atoms with Crippen LogP contribution < -0.4 is 0 Å². The first-order valence-electron chi connectivity index (χ1n) is 5.80. The number of likely N-dealkylation sites (tertiary alicyclic amines) is 1. The molecule has 2 heterocycles. The van der Waals surface area contributed by atoms with E-state index in [9.17, 15) is 0 Å². The van der Waals surface area contributed by atoms with Gasteiger partial charge in [-0.1, -0.05) is 30.3 Å². The first kappa shape index (κ1) is 9.37. The van der Waals surface area contributed by atoms with Crippen LogP contribution >= 0.6 is 0 Å². The van der Waals surface area contributed by atoms with Gasteiger partial charge in [0.1, 0.15) is 0 Å². The van der Waals surface area contributed by atoms with Crippen molar-refractivity contribution in [3.63, 3.8) is 0 Å². The van der Waals surface area contributed by atoms with Gasteiger partial charge in [0.05, 0.1) is 12.7 Å². The minimum Gasteiger partial charge on any atom is -0.373 e. The third-order valence-electron chi connectivity index (χ3n) is 3.44. The average Bonchev–Trinajstić information content (AvgIpc) is 3.02. The predicted molar refractivity (Wildman–Crippen MR) is 59.6 cm³/mol. The molecule has 2 nitrogen and oxygen atoms in total. The molecular weight excluding hydrogens is 186 g/mol. The van der Waals surface area contributed by atoms with Gasteiger partial charge in [-0.05, 0) is 18.5 Å². The molecule has 2 saturated heterocycles. The molecule has 0 bridgehead atoms. The Labute approximate surface area is 90.8 Å². The fourth-order valence-corrected chi connectivity index (χ4v) is 2.48. The molecule has 0 unspecified atom stereocenters. The van der Waals surface area contributed by atoms with Gasteiger partial charge >= 0.3 is 0 Å². The van der Waals surface area contributed by atoms with E-state index in [0.717, 1.165) is 19.1 Å². The zero-order valence-electron chi connectivity index (χ0n) is 8.93. The number of benzene rings is 1. The monoisotopic (exact) mass is 203 g/mol. The summed E-state index contributed by atoms with van der Waals surface area (Å²) in [6, 6.07) is 10.7. The van der Waals surface area contributed by atoms with Gasteiger partial charge in [0.15, 0.2) is 0 Å². The number of epoxide rings is 1. The van der Waals surface area contributed by atoms with Crippen molar-refractivity contribution in [1.82, 2.24) is 4.90 Å². The number of nitrogens with zero attached hydrogens (tertiary/aromatic N) is 1. The Kier molecular flexibility index (Phi) is 2.47. The molecule has 80 valence electrons. The van der Waals surface area contributed by atoms with Gasteiger partial charge in [-0.15, -0.1) is 0 Å². The van der Waals surface area contributed by atoms with Crippen LogP contribution in [-0.2, 0) is 11.3 Å². The maximum atomic E-state index is 5.36. The minimum atomic E-state index is 0.589. The van der Waals surface area contributed by atoms with E-state index in [2.05, 4.69) is 35.2 Å². The Morgan fingerprint density at radius 1 is 1.27 bits per heavy atom. The molecule has 0 aliphatic carbocycles. The number of hydrogen-bond donors (Lipinski definition) is 0. The van der Waals surface area contributed by atoms with Crippen molar-refractivity contribution in [2.24, 2.45) is 5.92 Å². The summed E-state index contributed by atoms with van der Waals surface area (Å²) in [6.45, 7) is 4.56. The lowest BCUT2D eigenvalue weighted by Gasteiger charge is -2.15. The van der Waals surface area contributed by atoms with Crippen LogP contribution in [0.2, 0.25) is 0 Å². The summed E-state index contributed by atoms with van der Waals surface area (Å²) >= 11 is 0. The zero-order chi connectivity index (χ0) is 10.1. The van der Waals surface area contributed by atoms with Crippen LogP contribution in [0.3, 0.4) is 0 Å². The van der Waals surface area contributed by atoms with Crippen molar-refractivity contribution in [2.75, 3.05) is 19.7 Å². The Bertz CT molecular complexity index is 321. The van der Waals surface area contributed by atoms with Gasteiger partial charge in [-0.3, -0.25) is 4.90 Å². The van der Waals surface area contributed by atoms with Crippen LogP contribution in [0.1, 0.15) is 12.0 Å². The molecule has 1 aromatic carbocycles. The number of ether oxygens (including phenoxy) is 1. The van der Waals surface area contributed by atoms with E-state index in [0.29, 0.717) is 6.10 Å². The largest absolute Gasteiger partial charge is 0.373 e. The van der Waals surface area contributed by atoms with E-state index in [1.807, 2.05) is 0 Å². The van der Waals surface area contributed by atoms with E-state index in [-0.39, 0.29) is 0 Å². The van der Waals surface area contributed by atoms with Crippen LogP contribution in [0, 0.1) is 5.92 Å². The minimum absolute atomic E-state index is 0.589. The van der Waals surface area contributed by atoms with Crippen molar-refractivity contribution in [3.8, 4) is 0 Å². The van der Waals surface area contributed by atoms with Crippen molar-refractivity contribution in [1.29, 1.82) is 0 Å². The highest BCUT2D eigenvalue weighted by molar-refractivity contribution is 5.14. The van der Waals surface area contributed by atoms with E-state index in [1.54, 1.807) is 0 Å². The summed E-state index contributed by atoms with van der Waals surface area (Å²) in [5.41, 5.74) is 1.43. The van der Waals surface area contributed by atoms with Crippen molar-refractivity contribution < 1.29 is 4.74 Å². The molecule has 0 N–H and O–H groups in total. The van der Waals surface area contributed by atoms with Crippen LogP contribution in [0.25, 0.3) is 0 Å². The third kappa shape index (κ3) is 2.21. The standard InChI is InChI=1S/C13H17NO/c1-2-4-11(5-3-1)8-14-7-6-12(9-14)13-10-15-13/h1-5,12-13H,6-10H2/t12-,13-/m0/s1. The predicted octanol–water partition coefficient (Wildman–Crippen LogP) is 1.91. The summed E-state index contributed by atoms with van der Waals surface area (Å²) in [7, 11) is 0. The highest BCUT2D eigenvalue weighted by Crippen LogP contribution is 2.29. The highest BCUT2D eigenvalue weighted by atomic mass is 16.6. The number of hydrogen-bond acceptors (Lipinski definition) is 2. The fourth-order valence-electron chi connectivity index (χ4n) is 2.48. The molecule has 2 heteroatoms. The lowest BCUT2D eigenvalue weighted by molar-refractivity contribution is 0.288. The lowest BCUT2D eigenvalue weighted by Crippen LogP contribution is -2.21. The third-order valence-corrected chi connectivity index (χ3v) is 3.44. The highest BCUT2D eigenvalue weighted by Gasteiger charge is 2.36. The van der Waals surface area contributed by atoms with Crippen molar-refractivity contribution >= 4 is 0 Å². The molecule has 2 aliphatic heterocycles. The fraction of sp³-hybridized carbons (Fsp3) is 0.538. The topological polar surface area (TPSA) is 15.8 Å². The van der Waals surface area contributed by atoms with Crippen LogP contribution in [-0.4, -0.2) is 30.7 Å². The zero-order valence-corrected chi connectivity index (χ0v) is 8.93. The van der Waals surface area contributed by atoms with Gasteiger partial charge in [0.2, 0.25) is 0 Å². The molecule has 15 heavy (non-hydrogen) atoms. The van der Waals surface area contributed by atoms with Gasteiger partial charge in [-0.25, -0.2) is 0 Å². The second-order valence-electron chi connectivity index (χ2n) is 4.64. The molecule has 2 atom stereocenters. The summed E-state index contributed by atoms with van der Waals surface area (Å²) in [5, 5.41) is 0. The maximum Gasteiger partial charge on any atom is 0.0850 e. The summed E-state index contributed by atoms with van der Waals surface area (Å²) < 4.78 is 5.36. The van der Waals surface area contributed by atoms with Crippen molar-refractivity contribution in [3.05, 3.63) is 35.9 Å². The second-order valence-corrected chi connectivity index (χ2v) is 4.64. The molecule has 0 amide bonds. The summed E-state index contributed by atoms with van der Waals surface area (Å²) in [4.78, 5) is 2.54. The second kappa shape index (κ2) is 3.95. The van der Waals surface area contributed by atoms with Crippen LogP contribution in [0.5, 0.6) is 0 Å². The van der Waals surface area contributed by atoms with E-state index in [4.69, 9.17) is 4.74 Å².